The van der Waals surface area contributed by atoms with Crippen molar-refractivity contribution in [3.63, 3.8) is 0 Å². The van der Waals surface area contributed by atoms with Gasteiger partial charge in [-0.15, -0.1) is 6.42 Å². The molecule has 0 spiro atoms. The summed E-state index contributed by atoms with van der Waals surface area (Å²) in [5.41, 5.74) is 4.51. The molecule has 27 heavy (non-hydrogen) atoms. The fourth-order valence-corrected chi connectivity index (χ4v) is 3.22. The van der Waals surface area contributed by atoms with Crippen LogP contribution in [0.15, 0.2) is 4.79 Å². The molecule has 9 nitrogen and oxygen atoms in total. The van der Waals surface area contributed by atoms with E-state index >= 15 is 0 Å². The molecule has 1 saturated heterocycles. The normalized spacial score (nSPS) is 24.3. The van der Waals surface area contributed by atoms with Crippen LogP contribution in [0, 0.1) is 12.3 Å². The molecule has 0 unspecified atom stereocenters. The average molecular weight is 408 g/mol. The Balaban J connectivity index is 2.14. The number of anilines is 1. The van der Waals surface area contributed by atoms with Gasteiger partial charge in [-0.1, -0.05) is 17.5 Å². The van der Waals surface area contributed by atoms with E-state index in [0.717, 1.165) is 9.13 Å². The first-order chi connectivity index (χ1) is 12.6. The molecule has 4 N–H and O–H groups in total. The molecule has 2 aromatic heterocycles. The minimum Gasteiger partial charge on any atom is -0.388 e. The van der Waals surface area contributed by atoms with Crippen molar-refractivity contribution >= 4 is 28.7 Å². The van der Waals surface area contributed by atoms with Crippen LogP contribution in [-0.2, 0) is 11.3 Å². The van der Waals surface area contributed by atoms with E-state index in [0.29, 0.717) is 0 Å². The number of nitrogen functional groups attached to an aromatic ring is 1. The third kappa shape index (κ3) is 3.23. The Morgan fingerprint density at radius 3 is 2.74 bits per heavy atom. The highest BCUT2D eigenvalue weighted by Crippen LogP contribution is 2.36. The summed E-state index contributed by atoms with van der Waals surface area (Å²) in [6.45, 7) is -0.243. The predicted octanol–water partition coefficient (Wildman–Crippen LogP) is 0.0334. The van der Waals surface area contributed by atoms with Crippen LogP contribution in [0.5, 0.6) is 0 Å². The van der Waals surface area contributed by atoms with Gasteiger partial charge in [-0.05, 0) is 0 Å². The third-order valence-corrected chi connectivity index (χ3v) is 4.35. The van der Waals surface area contributed by atoms with Crippen molar-refractivity contribution in [2.75, 3.05) is 5.73 Å². The number of fused-ring (bicyclic) bond motifs is 1. The molecule has 0 aliphatic carbocycles. The lowest BCUT2D eigenvalue weighted by Gasteiger charge is -2.21. The van der Waals surface area contributed by atoms with Gasteiger partial charge in [-0.3, -0.25) is 4.57 Å². The second-order valence-corrected chi connectivity index (χ2v) is 6.20. The largest absolute Gasteiger partial charge is 0.416 e. The molecule has 3 heterocycles. The van der Waals surface area contributed by atoms with Crippen molar-refractivity contribution in [3.05, 3.63) is 15.6 Å². The third-order valence-electron chi connectivity index (χ3n) is 4.08. The van der Waals surface area contributed by atoms with Crippen LogP contribution < -0.4 is 11.4 Å². The van der Waals surface area contributed by atoms with Crippen molar-refractivity contribution in [1.29, 1.82) is 0 Å². The highest BCUT2D eigenvalue weighted by Gasteiger charge is 2.50. The van der Waals surface area contributed by atoms with E-state index in [2.05, 4.69) is 15.9 Å². The summed E-state index contributed by atoms with van der Waals surface area (Å²) in [5, 5.41) is 19.3. The maximum atomic E-state index is 12.7. The molecule has 0 saturated carbocycles. The number of imidazole rings is 1. The van der Waals surface area contributed by atoms with Gasteiger partial charge in [-0.2, -0.15) is 23.1 Å². The van der Waals surface area contributed by atoms with Crippen LogP contribution in [0.25, 0.3) is 11.2 Å². The van der Waals surface area contributed by atoms with Crippen LogP contribution in [0.4, 0.5) is 19.1 Å². The van der Waals surface area contributed by atoms with E-state index in [1.165, 1.54) is 0 Å². The summed E-state index contributed by atoms with van der Waals surface area (Å²) in [6, 6.07) is 0. The lowest BCUT2D eigenvalue weighted by molar-refractivity contribution is -0.237. The van der Waals surface area contributed by atoms with Gasteiger partial charge in [0, 0.05) is 6.42 Å². The van der Waals surface area contributed by atoms with Crippen LogP contribution >= 0.6 is 11.6 Å². The van der Waals surface area contributed by atoms with Gasteiger partial charge in [0.1, 0.15) is 11.6 Å². The summed E-state index contributed by atoms with van der Waals surface area (Å²) in [7, 11) is 0. The molecule has 146 valence electrons. The zero-order chi connectivity index (χ0) is 20.1. The lowest BCUT2D eigenvalue weighted by Crippen LogP contribution is -2.39. The fourth-order valence-electron chi connectivity index (χ4n) is 2.94. The minimum absolute atomic E-state index is 0.00978. The molecule has 13 heteroatoms. The first kappa shape index (κ1) is 19.4. The number of aliphatic hydroxyl groups excluding tert-OH is 2. The molecule has 4 atom stereocenters. The Bertz CT molecular complexity index is 982. The number of aliphatic hydroxyl groups is 2. The number of ether oxygens (including phenoxy) is 1. The average Bonchev–Trinajstić information content (AvgIpc) is 3.04. The number of nitrogens with zero attached hydrogens (tertiary/aromatic N) is 4. The van der Waals surface area contributed by atoms with Crippen LogP contribution in [0.1, 0.15) is 12.6 Å². The van der Waals surface area contributed by atoms with Gasteiger partial charge < -0.3 is 20.7 Å². The summed E-state index contributed by atoms with van der Waals surface area (Å²) in [4.78, 5) is 20.3. The first-order valence-electron chi connectivity index (χ1n) is 7.51. The molecule has 3 rings (SSSR count). The van der Waals surface area contributed by atoms with Crippen LogP contribution in [0.2, 0.25) is 5.15 Å². The van der Waals surface area contributed by atoms with E-state index < -0.39 is 42.8 Å². The summed E-state index contributed by atoms with van der Waals surface area (Å²) >= 11 is 6.01. The van der Waals surface area contributed by atoms with Crippen LogP contribution in [0.3, 0.4) is 0 Å². The second-order valence-electron chi connectivity index (χ2n) is 5.84. The monoisotopic (exact) mass is 407 g/mol. The van der Waals surface area contributed by atoms with Gasteiger partial charge in [0.2, 0.25) is 5.95 Å². The molecular formula is C14H13ClF3N5O4. The lowest BCUT2D eigenvalue weighted by atomic mass is 10.1. The number of hydrogen-bond donors (Lipinski definition) is 3. The Morgan fingerprint density at radius 2 is 2.15 bits per heavy atom. The van der Waals surface area contributed by atoms with Gasteiger partial charge in [-0.25, -0.2) is 9.36 Å². The molecular weight excluding hydrogens is 395 g/mol. The number of halogens is 4. The minimum atomic E-state index is -4.96. The topological polar surface area (TPSA) is 128 Å². The highest BCUT2D eigenvalue weighted by molar-refractivity contribution is 6.33. The number of aromatic nitrogens is 4. The highest BCUT2D eigenvalue weighted by atomic mass is 35.5. The second kappa shape index (κ2) is 6.68. The van der Waals surface area contributed by atoms with Crippen molar-refractivity contribution in [3.8, 4) is 12.3 Å². The van der Waals surface area contributed by atoms with Crippen molar-refractivity contribution in [1.82, 2.24) is 19.1 Å². The number of hydrogen-bond acceptors (Lipinski definition) is 7. The van der Waals surface area contributed by atoms with Gasteiger partial charge in [0.05, 0.1) is 12.6 Å². The quantitative estimate of drug-likeness (QED) is 0.483. The fraction of sp³-hybridized carbons (Fsp3) is 0.500. The van der Waals surface area contributed by atoms with E-state index in [4.69, 9.17) is 28.5 Å². The van der Waals surface area contributed by atoms with E-state index in [9.17, 15) is 28.2 Å². The Kier molecular flexibility index (Phi) is 4.81. The number of alkyl halides is 3. The number of rotatable bonds is 3. The smallest absolute Gasteiger partial charge is 0.388 e. The van der Waals surface area contributed by atoms with Gasteiger partial charge >= 0.3 is 11.9 Å². The zero-order valence-electron chi connectivity index (χ0n) is 13.4. The molecule has 1 aliphatic rings. The van der Waals surface area contributed by atoms with Crippen LogP contribution in [-0.4, -0.2) is 53.8 Å². The summed E-state index contributed by atoms with van der Waals surface area (Å²) in [6.07, 6.45) is -8.01. The molecule has 0 aromatic carbocycles. The van der Waals surface area contributed by atoms with E-state index in [1.807, 2.05) is 0 Å². The van der Waals surface area contributed by atoms with E-state index in [1.54, 1.807) is 0 Å². The number of nitrogens with two attached hydrogens (primary N) is 1. The van der Waals surface area contributed by atoms with Crippen molar-refractivity contribution in [2.24, 2.45) is 0 Å². The molecule has 0 amide bonds. The maximum absolute atomic E-state index is 12.7. The Morgan fingerprint density at radius 1 is 1.48 bits per heavy atom. The standard InChI is InChI=1S/C14H13ClF3N5O4/c1-2-3-22-7-9(15)20-12(19)21-10(7)23(13(22)26)11-5(24)4-6(27-11)8(25)14(16,17)18/h1,5-6,8,11,24-25H,3-4H2,(H2,19,20,21)/t5-,6+,8-,11-/m1/s1. The molecule has 0 radical (unpaired) electrons. The molecule has 0 bridgehead atoms. The Hall–Kier alpha value is -2.33. The maximum Gasteiger partial charge on any atom is 0.416 e. The Labute approximate surface area is 154 Å². The predicted molar refractivity (Wildman–Crippen MR) is 86.6 cm³/mol. The van der Waals surface area contributed by atoms with Crippen molar-refractivity contribution < 1.29 is 28.1 Å². The van der Waals surface area contributed by atoms with Crippen molar-refractivity contribution in [2.45, 2.75) is 43.7 Å². The van der Waals surface area contributed by atoms with Gasteiger partial charge in [0.15, 0.2) is 23.1 Å². The molecule has 1 aliphatic heterocycles. The number of terminal acetylenes is 1. The summed E-state index contributed by atoms with van der Waals surface area (Å²) < 4.78 is 45.2. The van der Waals surface area contributed by atoms with E-state index in [-0.39, 0.29) is 28.8 Å². The summed E-state index contributed by atoms with van der Waals surface area (Å²) in [5.74, 6) is 1.93. The molecule has 2 aromatic rings. The SMILES string of the molecule is C#CCn1c(=O)n([C@@H]2O[C@H]([C@@H](O)C(F)(F)F)C[C@H]2O)c2nc(N)nc(Cl)c21. The first-order valence-corrected chi connectivity index (χ1v) is 7.89. The molecule has 1 fully saturated rings. The zero-order valence-corrected chi connectivity index (χ0v) is 14.1. The van der Waals surface area contributed by atoms with Gasteiger partial charge in [0.25, 0.3) is 0 Å².